The van der Waals surface area contributed by atoms with Crippen molar-refractivity contribution in [1.82, 2.24) is 5.32 Å². The van der Waals surface area contributed by atoms with E-state index in [1.165, 1.54) is 31.2 Å². The van der Waals surface area contributed by atoms with E-state index < -0.39 is 0 Å². The minimum atomic E-state index is 0.431. The summed E-state index contributed by atoms with van der Waals surface area (Å²) in [6, 6.07) is 9.74. The lowest BCUT2D eigenvalue weighted by Gasteiger charge is -2.40. The van der Waals surface area contributed by atoms with Gasteiger partial charge in [0.2, 0.25) is 0 Å². The number of nitrogens with one attached hydrogen (secondary N) is 1. The topological polar surface area (TPSA) is 12.0 Å². The molecular formula is C16H24BrN. The molecule has 2 heteroatoms. The predicted octanol–water partition coefficient (Wildman–Crippen LogP) is 5.07. The van der Waals surface area contributed by atoms with Gasteiger partial charge in [-0.15, -0.1) is 0 Å². The molecule has 100 valence electrons. The molecule has 18 heavy (non-hydrogen) atoms. The maximum absolute atomic E-state index is 3.83. The summed E-state index contributed by atoms with van der Waals surface area (Å²) in [5.41, 5.74) is 1.81. The summed E-state index contributed by atoms with van der Waals surface area (Å²) in [5, 5.41) is 3.83. The van der Waals surface area contributed by atoms with Gasteiger partial charge in [0.15, 0.2) is 0 Å². The largest absolute Gasteiger partial charge is 0.307 e. The molecule has 1 fully saturated rings. The van der Waals surface area contributed by atoms with E-state index in [2.05, 4.69) is 66.3 Å². The molecule has 0 radical (unpaired) electrons. The molecule has 0 heterocycles. The van der Waals surface area contributed by atoms with Crippen molar-refractivity contribution in [3.05, 3.63) is 34.3 Å². The highest BCUT2D eigenvalue weighted by molar-refractivity contribution is 9.10. The second-order valence-corrected chi connectivity index (χ2v) is 7.14. The molecule has 0 aromatic heterocycles. The number of hydrogen-bond acceptors (Lipinski definition) is 1. The first-order valence-electron chi connectivity index (χ1n) is 7.00. The first kappa shape index (κ1) is 14.1. The summed E-state index contributed by atoms with van der Waals surface area (Å²) < 4.78 is 1.15. The molecule has 1 nitrogen and oxygen atoms in total. The van der Waals surface area contributed by atoms with Gasteiger partial charge in [0.05, 0.1) is 0 Å². The van der Waals surface area contributed by atoms with Crippen molar-refractivity contribution >= 4 is 15.9 Å². The van der Waals surface area contributed by atoms with Gasteiger partial charge in [0.25, 0.3) is 0 Å². The minimum Gasteiger partial charge on any atom is -0.307 e. The second-order valence-electron chi connectivity index (χ2n) is 6.23. The van der Waals surface area contributed by atoms with Crippen molar-refractivity contribution in [2.24, 2.45) is 5.41 Å². The van der Waals surface area contributed by atoms with E-state index >= 15 is 0 Å². The van der Waals surface area contributed by atoms with Crippen LogP contribution in [0.5, 0.6) is 0 Å². The Bertz CT molecular complexity index is 383. The third kappa shape index (κ3) is 3.36. The van der Waals surface area contributed by atoms with E-state index in [9.17, 15) is 0 Å². The Morgan fingerprint density at radius 1 is 1.22 bits per heavy atom. The van der Waals surface area contributed by atoms with Gasteiger partial charge in [0, 0.05) is 16.6 Å². The number of benzene rings is 1. The van der Waals surface area contributed by atoms with Crippen LogP contribution >= 0.6 is 15.9 Å². The Labute approximate surface area is 119 Å². The number of rotatable bonds is 3. The SMILES string of the molecule is CC(NC1CCCCC1(C)C)c1ccc(Br)cc1. The number of halogens is 1. The summed E-state index contributed by atoms with van der Waals surface area (Å²) in [6.07, 6.45) is 5.41. The molecule has 1 aliphatic rings. The van der Waals surface area contributed by atoms with Crippen LogP contribution < -0.4 is 5.32 Å². The van der Waals surface area contributed by atoms with Crippen LogP contribution in [-0.4, -0.2) is 6.04 Å². The molecule has 0 bridgehead atoms. The van der Waals surface area contributed by atoms with Crippen LogP contribution in [0.4, 0.5) is 0 Å². The summed E-state index contributed by atoms with van der Waals surface area (Å²) in [5.74, 6) is 0. The van der Waals surface area contributed by atoms with Crippen LogP contribution in [0.2, 0.25) is 0 Å². The summed E-state index contributed by atoms with van der Waals surface area (Å²) >= 11 is 3.49. The fraction of sp³-hybridized carbons (Fsp3) is 0.625. The first-order valence-corrected chi connectivity index (χ1v) is 7.80. The monoisotopic (exact) mass is 309 g/mol. The molecule has 1 saturated carbocycles. The van der Waals surface area contributed by atoms with Crippen LogP contribution in [0.1, 0.15) is 58.1 Å². The van der Waals surface area contributed by atoms with Crippen LogP contribution in [0.3, 0.4) is 0 Å². The van der Waals surface area contributed by atoms with E-state index in [1.807, 2.05) is 0 Å². The van der Waals surface area contributed by atoms with Crippen molar-refractivity contribution in [2.45, 2.75) is 58.5 Å². The molecular weight excluding hydrogens is 286 g/mol. The molecule has 0 aliphatic heterocycles. The van der Waals surface area contributed by atoms with Gasteiger partial charge in [-0.1, -0.05) is 54.8 Å². The zero-order chi connectivity index (χ0) is 13.2. The fourth-order valence-electron chi connectivity index (χ4n) is 2.95. The van der Waals surface area contributed by atoms with Crippen molar-refractivity contribution < 1.29 is 0 Å². The molecule has 1 aromatic rings. The van der Waals surface area contributed by atoms with E-state index in [0.29, 0.717) is 17.5 Å². The average Bonchev–Trinajstić information content (AvgIpc) is 2.32. The van der Waals surface area contributed by atoms with E-state index in [1.54, 1.807) is 0 Å². The molecule has 0 spiro atoms. The highest BCUT2D eigenvalue weighted by atomic mass is 79.9. The van der Waals surface area contributed by atoms with Crippen LogP contribution in [0, 0.1) is 5.41 Å². The summed E-state index contributed by atoms with van der Waals surface area (Å²) in [7, 11) is 0. The number of hydrogen-bond donors (Lipinski definition) is 1. The zero-order valence-corrected chi connectivity index (χ0v) is 13.3. The lowest BCUT2D eigenvalue weighted by Crippen LogP contribution is -2.45. The first-order chi connectivity index (χ1) is 8.49. The van der Waals surface area contributed by atoms with Gasteiger partial charge in [-0.2, -0.15) is 0 Å². The third-order valence-electron chi connectivity index (χ3n) is 4.33. The Hall–Kier alpha value is -0.340. The summed E-state index contributed by atoms with van der Waals surface area (Å²) in [4.78, 5) is 0. The quantitative estimate of drug-likeness (QED) is 0.822. The molecule has 0 amide bonds. The van der Waals surface area contributed by atoms with Crippen molar-refractivity contribution in [1.29, 1.82) is 0 Å². The van der Waals surface area contributed by atoms with Crippen molar-refractivity contribution in [3.63, 3.8) is 0 Å². The standard InChI is InChI=1S/C16H24BrN/c1-12(13-7-9-14(17)10-8-13)18-15-6-4-5-11-16(15,2)3/h7-10,12,15,18H,4-6,11H2,1-3H3. The highest BCUT2D eigenvalue weighted by Gasteiger charge is 2.32. The smallest absolute Gasteiger partial charge is 0.0294 e. The van der Waals surface area contributed by atoms with Gasteiger partial charge in [-0.05, 0) is 42.9 Å². The molecule has 2 rings (SSSR count). The van der Waals surface area contributed by atoms with Crippen LogP contribution in [0.25, 0.3) is 0 Å². The fourth-order valence-corrected chi connectivity index (χ4v) is 3.22. The van der Waals surface area contributed by atoms with E-state index in [4.69, 9.17) is 0 Å². The van der Waals surface area contributed by atoms with Gasteiger partial charge in [-0.25, -0.2) is 0 Å². The normalized spacial score (nSPS) is 24.8. The van der Waals surface area contributed by atoms with E-state index in [0.717, 1.165) is 4.47 Å². The summed E-state index contributed by atoms with van der Waals surface area (Å²) in [6.45, 7) is 7.07. The minimum absolute atomic E-state index is 0.431. The van der Waals surface area contributed by atoms with Crippen molar-refractivity contribution in [2.75, 3.05) is 0 Å². The molecule has 0 saturated heterocycles. The van der Waals surface area contributed by atoms with Crippen LogP contribution in [-0.2, 0) is 0 Å². The molecule has 2 unspecified atom stereocenters. The molecule has 2 atom stereocenters. The molecule has 1 N–H and O–H groups in total. The van der Waals surface area contributed by atoms with Gasteiger partial charge in [0.1, 0.15) is 0 Å². The Morgan fingerprint density at radius 3 is 2.50 bits per heavy atom. The maximum atomic E-state index is 3.83. The van der Waals surface area contributed by atoms with Gasteiger partial charge < -0.3 is 5.32 Å². The molecule has 1 aromatic carbocycles. The van der Waals surface area contributed by atoms with Gasteiger partial charge >= 0.3 is 0 Å². The van der Waals surface area contributed by atoms with E-state index in [-0.39, 0.29) is 0 Å². The lowest BCUT2D eigenvalue weighted by molar-refractivity contribution is 0.157. The third-order valence-corrected chi connectivity index (χ3v) is 4.86. The van der Waals surface area contributed by atoms with Crippen LogP contribution in [0.15, 0.2) is 28.7 Å². The lowest BCUT2D eigenvalue weighted by atomic mass is 9.73. The highest BCUT2D eigenvalue weighted by Crippen LogP contribution is 2.36. The Kier molecular flexibility index (Phi) is 4.50. The van der Waals surface area contributed by atoms with Crippen molar-refractivity contribution in [3.8, 4) is 0 Å². The maximum Gasteiger partial charge on any atom is 0.0294 e. The predicted molar refractivity (Wildman–Crippen MR) is 81.7 cm³/mol. The second kappa shape index (κ2) is 5.75. The average molecular weight is 310 g/mol. The Morgan fingerprint density at radius 2 is 1.89 bits per heavy atom. The zero-order valence-electron chi connectivity index (χ0n) is 11.7. The van der Waals surface area contributed by atoms with Gasteiger partial charge in [-0.3, -0.25) is 0 Å². The molecule has 1 aliphatic carbocycles. The Balaban J connectivity index is 2.02.